The predicted molar refractivity (Wildman–Crippen MR) is 76.0 cm³/mol. The number of carbonyl (C=O) groups excluding carboxylic acids is 1. The van der Waals surface area contributed by atoms with E-state index in [-0.39, 0.29) is 11.9 Å². The van der Waals surface area contributed by atoms with Crippen LogP contribution in [-0.2, 0) is 4.79 Å². The SMILES string of the molecule is CNC1C(=O)N(c2ccc[nH]2)C2CCCC2CC1C. The molecule has 0 bridgehead atoms. The number of nitrogens with one attached hydrogen (secondary N) is 2. The second-order valence-electron chi connectivity index (χ2n) is 6.00. The van der Waals surface area contributed by atoms with Crippen molar-refractivity contribution in [2.24, 2.45) is 11.8 Å². The molecule has 2 N–H and O–H groups in total. The fraction of sp³-hybridized carbons (Fsp3) is 0.667. The van der Waals surface area contributed by atoms with Crippen LogP contribution in [0.15, 0.2) is 18.3 Å². The van der Waals surface area contributed by atoms with Crippen LogP contribution in [0, 0.1) is 11.8 Å². The van der Waals surface area contributed by atoms with Gasteiger partial charge < -0.3 is 10.3 Å². The topological polar surface area (TPSA) is 48.1 Å². The van der Waals surface area contributed by atoms with Crippen molar-refractivity contribution < 1.29 is 4.79 Å². The zero-order valence-corrected chi connectivity index (χ0v) is 11.7. The van der Waals surface area contributed by atoms with Gasteiger partial charge in [0.2, 0.25) is 5.91 Å². The van der Waals surface area contributed by atoms with Crippen LogP contribution in [-0.4, -0.2) is 30.0 Å². The quantitative estimate of drug-likeness (QED) is 0.857. The number of likely N-dealkylation sites (N-methyl/N-ethyl adjacent to an activating group) is 1. The minimum Gasteiger partial charge on any atom is -0.348 e. The first kappa shape index (κ1) is 12.7. The second kappa shape index (κ2) is 5.00. The third-order valence-corrected chi connectivity index (χ3v) is 4.85. The summed E-state index contributed by atoms with van der Waals surface area (Å²) in [4.78, 5) is 18.1. The molecule has 1 saturated heterocycles. The van der Waals surface area contributed by atoms with Gasteiger partial charge in [-0.3, -0.25) is 9.69 Å². The Hall–Kier alpha value is -1.29. The highest BCUT2D eigenvalue weighted by Crippen LogP contribution is 2.40. The standard InChI is InChI=1S/C15H23N3O/c1-10-9-11-5-3-6-12(11)18(13-7-4-8-17-13)15(19)14(10)16-2/h4,7-8,10-12,14,16-17H,3,5-6,9H2,1-2H3. The van der Waals surface area contributed by atoms with Crippen molar-refractivity contribution in [2.45, 2.75) is 44.7 Å². The van der Waals surface area contributed by atoms with Gasteiger partial charge in [0.1, 0.15) is 5.82 Å². The normalized spacial score (nSPS) is 35.3. The average Bonchev–Trinajstić information content (AvgIpc) is 3.02. The highest BCUT2D eigenvalue weighted by atomic mass is 16.2. The Balaban J connectivity index is 1.99. The zero-order valence-electron chi connectivity index (χ0n) is 11.7. The van der Waals surface area contributed by atoms with Crippen molar-refractivity contribution in [3.63, 3.8) is 0 Å². The van der Waals surface area contributed by atoms with E-state index in [0.717, 1.165) is 18.7 Å². The summed E-state index contributed by atoms with van der Waals surface area (Å²) in [5, 5.41) is 3.22. The number of anilines is 1. The number of nitrogens with zero attached hydrogens (tertiary/aromatic N) is 1. The van der Waals surface area contributed by atoms with Gasteiger partial charge in [-0.2, -0.15) is 0 Å². The zero-order chi connectivity index (χ0) is 13.4. The van der Waals surface area contributed by atoms with E-state index >= 15 is 0 Å². The van der Waals surface area contributed by atoms with Crippen LogP contribution < -0.4 is 10.2 Å². The fourth-order valence-electron chi connectivity index (χ4n) is 3.98. The molecular weight excluding hydrogens is 238 g/mol. The number of aromatic nitrogens is 1. The molecule has 19 heavy (non-hydrogen) atoms. The van der Waals surface area contributed by atoms with E-state index in [1.165, 1.54) is 12.8 Å². The van der Waals surface area contributed by atoms with E-state index < -0.39 is 0 Å². The lowest BCUT2D eigenvalue weighted by Gasteiger charge is -2.31. The summed E-state index contributed by atoms with van der Waals surface area (Å²) in [5.74, 6) is 2.24. The number of H-pyrrole nitrogens is 1. The number of fused-ring (bicyclic) bond motifs is 1. The number of amides is 1. The number of aromatic amines is 1. The van der Waals surface area contributed by atoms with Gasteiger partial charge >= 0.3 is 0 Å². The van der Waals surface area contributed by atoms with Crippen LogP contribution in [0.5, 0.6) is 0 Å². The van der Waals surface area contributed by atoms with E-state index in [0.29, 0.717) is 17.9 Å². The Morgan fingerprint density at radius 1 is 1.42 bits per heavy atom. The molecule has 4 atom stereocenters. The molecule has 2 heterocycles. The average molecular weight is 261 g/mol. The molecule has 104 valence electrons. The first-order chi connectivity index (χ1) is 9.22. The van der Waals surface area contributed by atoms with Gasteiger partial charge in [0, 0.05) is 12.2 Å². The second-order valence-corrected chi connectivity index (χ2v) is 6.00. The maximum absolute atomic E-state index is 12.9. The van der Waals surface area contributed by atoms with Gasteiger partial charge in [0.25, 0.3) is 0 Å². The highest BCUT2D eigenvalue weighted by Gasteiger charge is 2.43. The number of hydrogen-bond acceptors (Lipinski definition) is 2. The summed E-state index contributed by atoms with van der Waals surface area (Å²) in [7, 11) is 1.90. The smallest absolute Gasteiger partial charge is 0.245 e. The van der Waals surface area contributed by atoms with Gasteiger partial charge in [-0.1, -0.05) is 13.3 Å². The molecule has 0 aromatic carbocycles. The highest BCUT2D eigenvalue weighted by molar-refractivity contribution is 5.97. The van der Waals surface area contributed by atoms with E-state index in [1.54, 1.807) is 0 Å². The molecule has 0 spiro atoms. The molecule has 1 saturated carbocycles. The molecule has 1 aliphatic carbocycles. The molecule has 1 amide bonds. The molecule has 4 unspecified atom stereocenters. The number of rotatable bonds is 2. The molecule has 0 radical (unpaired) electrons. The summed E-state index contributed by atoms with van der Waals surface area (Å²) in [5.41, 5.74) is 0. The lowest BCUT2D eigenvalue weighted by atomic mass is 9.90. The minimum atomic E-state index is -0.0612. The number of hydrogen-bond donors (Lipinski definition) is 2. The van der Waals surface area contributed by atoms with Crippen molar-refractivity contribution in [1.82, 2.24) is 10.3 Å². The minimum absolute atomic E-state index is 0.0612. The van der Waals surface area contributed by atoms with Gasteiger partial charge in [-0.25, -0.2) is 0 Å². The largest absolute Gasteiger partial charge is 0.348 e. The lowest BCUT2D eigenvalue weighted by Crippen LogP contribution is -2.50. The summed E-state index contributed by atoms with van der Waals surface area (Å²) < 4.78 is 0. The molecule has 4 nitrogen and oxygen atoms in total. The molecule has 1 aliphatic heterocycles. The summed E-state index contributed by atoms with van der Waals surface area (Å²) in [6, 6.07) is 4.30. The summed E-state index contributed by atoms with van der Waals surface area (Å²) >= 11 is 0. The third kappa shape index (κ3) is 2.08. The van der Waals surface area contributed by atoms with Crippen LogP contribution in [0.3, 0.4) is 0 Å². The van der Waals surface area contributed by atoms with E-state index in [9.17, 15) is 4.79 Å². The molecular formula is C15H23N3O. The summed E-state index contributed by atoms with van der Waals surface area (Å²) in [6.45, 7) is 2.20. The Kier molecular flexibility index (Phi) is 3.35. The molecule has 1 aromatic rings. The molecule has 1 aromatic heterocycles. The van der Waals surface area contributed by atoms with Crippen LogP contribution in [0.4, 0.5) is 5.82 Å². The summed E-state index contributed by atoms with van der Waals surface area (Å²) in [6.07, 6.45) is 6.69. The molecule has 3 rings (SSSR count). The van der Waals surface area contributed by atoms with E-state index in [2.05, 4.69) is 17.2 Å². The van der Waals surface area contributed by atoms with Gasteiger partial charge in [-0.05, 0) is 50.3 Å². The Bertz CT molecular complexity index is 442. The number of carbonyl (C=O) groups is 1. The molecule has 2 fully saturated rings. The van der Waals surface area contributed by atoms with Crippen LogP contribution in [0.1, 0.15) is 32.6 Å². The Morgan fingerprint density at radius 3 is 2.95 bits per heavy atom. The first-order valence-corrected chi connectivity index (χ1v) is 7.36. The molecule has 4 heteroatoms. The van der Waals surface area contributed by atoms with Crippen molar-refractivity contribution in [1.29, 1.82) is 0 Å². The van der Waals surface area contributed by atoms with Crippen LogP contribution in [0.25, 0.3) is 0 Å². The van der Waals surface area contributed by atoms with Crippen molar-refractivity contribution in [3.05, 3.63) is 18.3 Å². The van der Waals surface area contributed by atoms with Crippen LogP contribution >= 0.6 is 0 Å². The van der Waals surface area contributed by atoms with Crippen molar-refractivity contribution in [2.75, 3.05) is 11.9 Å². The third-order valence-electron chi connectivity index (χ3n) is 4.85. The lowest BCUT2D eigenvalue weighted by molar-refractivity contribution is -0.121. The van der Waals surface area contributed by atoms with E-state index in [1.807, 2.05) is 30.3 Å². The van der Waals surface area contributed by atoms with E-state index in [4.69, 9.17) is 0 Å². The first-order valence-electron chi connectivity index (χ1n) is 7.36. The van der Waals surface area contributed by atoms with Crippen molar-refractivity contribution in [3.8, 4) is 0 Å². The predicted octanol–water partition coefficient (Wildman–Crippen LogP) is 2.14. The molecule has 2 aliphatic rings. The Labute approximate surface area is 114 Å². The Morgan fingerprint density at radius 2 is 2.26 bits per heavy atom. The maximum Gasteiger partial charge on any atom is 0.245 e. The fourth-order valence-corrected chi connectivity index (χ4v) is 3.98. The monoisotopic (exact) mass is 261 g/mol. The van der Waals surface area contributed by atoms with Gasteiger partial charge in [0.05, 0.1) is 6.04 Å². The van der Waals surface area contributed by atoms with Crippen LogP contribution in [0.2, 0.25) is 0 Å². The van der Waals surface area contributed by atoms with Gasteiger partial charge in [-0.15, -0.1) is 0 Å². The van der Waals surface area contributed by atoms with Gasteiger partial charge in [0.15, 0.2) is 0 Å². The van der Waals surface area contributed by atoms with Crippen molar-refractivity contribution >= 4 is 11.7 Å². The maximum atomic E-state index is 12.9.